The molecule has 0 radical (unpaired) electrons. The number of carboxylic acids is 1. The lowest BCUT2D eigenvalue weighted by Gasteiger charge is -2.28. The first-order valence-electron chi connectivity index (χ1n) is 6.08. The van der Waals surface area contributed by atoms with Crippen LogP contribution in [0.3, 0.4) is 0 Å². The highest BCUT2D eigenvalue weighted by Crippen LogP contribution is 2.36. The summed E-state index contributed by atoms with van der Waals surface area (Å²) in [6.07, 6.45) is 1.11. The topological polar surface area (TPSA) is 71.4 Å². The van der Waals surface area contributed by atoms with Crippen molar-refractivity contribution in [2.24, 2.45) is 5.92 Å². The van der Waals surface area contributed by atoms with Crippen LogP contribution in [0.15, 0.2) is 24.3 Å². The Balaban J connectivity index is 2.36. The summed E-state index contributed by atoms with van der Waals surface area (Å²) in [7, 11) is -3.14. The molecule has 19 heavy (non-hydrogen) atoms. The van der Waals surface area contributed by atoms with Gasteiger partial charge in [-0.3, -0.25) is 4.79 Å². The Hall–Kier alpha value is -1.07. The third-order valence-electron chi connectivity index (χ3n) is 3.48. The summed E-state index contributed by atoms with van der Waals surface area (Å²) in [5.74, 6) is -2.21. The van der Waals surface area contributed by atoms with E-state index in [1.165, 1.54) is 0 Å². The molecule has 6 heteroatoms. The molecular formula is C13H15ClO4S. The SMILES string of the molecule is O=C(O)C(c1ccccc1Cl)C1CCCS(=O)(=O)C1. The molecule has 0 aliphatic carbocycles. The molecule has 1 aliphatic heterocycles. The van der Waals surface area contributed by atoms with Gasteiger partial charge >= 0.3 is 5.97 Å². The summed E-state index contributed by atoms with van der Waals surface area (Å²) in [6.45, 7) is 0. The molecule has 1 heterocycles. The molecule has 1 aromatic carbocycles. The molecule has 1 N–H and O–H groups in total. The minimum atomic E-state index is -3.14. The molecule has 2 atom stereocenters. The second-order valence-electron chi connectivity index (χ2n) is 4.85. The number of carbonyl (C=O) groups is 1. The Morgan fingerprint density at radius 1 is 1.37 bits per heavy atom. The molecule has 2 rings (SSSR count). The fourth-order valence-electron chi connectivity index (χ4n) is 2.64. The van der Waals surface area contributed by atoms with Gasteiger partial charge < -0.3 is 5.11 Å². The zero-order valence-corrected chi connectivity index (χ0v) is 11.8. The van der Waals surface area contributed by atoms with Crippen LogP contribution in [0.4, 0.5) is 0 Å². The molecule has 2 unspecified atom stereocenters. The van der Waals surface area contributed by atoms with Crippen molar-refractivity contribution in [3.63, 3.8) is 0 Å². The summed E-state index contributed by atoms with van der Waals surface area (Å²) in [5, 5.41) is 9.79. The number of aliphatic carboxylic acids is 1. The third kappa shape index (κ3) is 3.28. The molecule has 0 amide bonds. The van der Waals surface area contributed by atoms with Gasteiger partial charge in [-0.1, -0.05) is 29.8 Å². The monoisotopic (exact) mass is 302 g/mol. The lowest BCUT2D eigenvalue weighted by molar-refractivity contribution is -0.140. The number of halogens is 1. The summed E-state index contributed by atoms with van der Waals surface area (Å²) < 4.78 is 23.4. The lowest BCUT2D eigenvalue weighted by Crippen LogP contribution is -2.33. The van der Waals surface area contributed by atoms with Gasteiger partial charge in [0.25, 0.3) is 0 Å². The van der Waals surface area contributed by atoms with Crippen molar-refractivity contribution in [3.8, 4) is 0 Å². The highest BCUT2D eigenvalue weighted by atomic mass is 35.5. The van der Waals surface area contributed by atoms with E-state index in [9.17, 15) is 18.3 Å². The molecule has 0 spiro atoms. The van der Waals surface area contributed by atoms with Crippen LogP contribution in [0.2, 0.25) is 5.02 Å². The average Bonchev–Trinajstić information content (AvgIpc) is 2.30. The first kappa shape index (κ1) is 14.3. The van der Waals surface area contributed by atoms with E-state index in [0.717, 1.165) is 0 Å². The van der Waals surface area contributed by atoms with Crippen LogP contribution in [0, 0.1) is 5.92 Å². The summed E-state index contributed by atoms with van der Waals surface area (Å²) in [6, 6.07) is 6.73. The van der Waals surface area contributed by atoms with Crippen LogP contribution in [0.25, 0.3) is 0 Å². The van der Waals surface area contributed by atoms with E-state index >= 15 is 0 Å². The molecule has 1 aliphatic rings. The van der Waals surface area contributed by atoms with Crippen molar-refractivity contribution >= 4 is 27.4 Å². The Morgan fingerprint density at radius 3 is 2.63 bits per heavy atom. The van der Waals surface area contributed by atoms with E-state index in [0.29, 0.717) is 23.4 Å². The van der Waals surface area contributed by atoms with Crippen molar-refractivity contribution in [3.05, 3.63) is 34.9 Å². The van der Waals surface area contributed by atoms with Crippen LogP contribution in [-0.4, -0.2) is 31.0 Å². The van der Waals surface area contributed by atoms with E-state index in [2.05, 4.69) is 0 Å². The van der Waals surface area contributed by atoms with Crippen LogP contribution in [0.1, 0.15) is 24.3 Å². The average molecular weight is 303 g/mol. The second-order valence-corrected chi connectivity index (χ2v) is 7.49. The van der Waals surface area contributed by atoms with Gasteiger partial charge in [0.15, 0.2) is 9.84 Å². The number of sulfone groups is 1. The highest BCUT2D eigenvalue weighted by Gasteiger charge is 2.36. The zero-order valence-electron chi connectivity index (χ0n) is 10.3. The van der Waals surface area contributed by atoms with E-state index < -0.39 is 27.6 Å². The Bertz CT molecular complexity index is 582. The molecule has 104 valence electrons. The predicted octanol–water partition coefficient (Wildman–Crippen LogP) is 2.33. The summed E-state index contributed by atoms with van der Waals surface area (Å²) in [5.41, 5.74) is 0.499. The van der Waals surface area contributed by atoms with Gasteiger partial charge in [-0.2, -0.15) is 0 Å². The Morgan fingerprint density at radius 2 is 2.05 bits per heavy atom. The minimum Gasteiger partial charge on any atom is -0.481 e. The molecule has 1 saturated heterocycles. The van der Waals surface area contributed by atoms with Crippen LogP contribution in [0.5, 0.6) is 0 Å². The zero-order chi connectivity index (χ0) is 14.0. The van der Waals surface area contributed by atoms with Gasteiger partial charge in [0.2, 0.25) is 0 Å². The van der Waals surface area contributed by atoms with Gasteiger partial charge in [0.1, 0.15) is 0 Å². The predicted molar refractivity (Wildman–Crippen MR) is 73.2 cm³/mol. The number of benzene rings is 1. The molecule has 0 saturated carbocycles. The first-order valence-corrected chi connectivity index (χ1v) is 8.28. The molecule has 1 aromatic rings. The largest absolute Gasteiger partial charge is 0.481 e. The van der Waals surface area contributed by atoms with Gasteiger partial charge in [0, 0.05) is 5.02 Å². The molecule has 1 fully saturated rings. The smallest absolute Gasteiger partial charge is 0.311 e. The second kappa shape index (κ2) is 5.51. The van der Waals surface area contributed by atoms with Crippen molar-refractivity contribution in [1.82, 2.24) is 0 Å². The molecule has 0 bridgehead atoms. The molecule has 0 aromatic heterocycles. The highest BCUT2D eigenvalue weighted by molar-refractivity contribution is 7.91. The minimum absolute atomic E-state index is 0.0742. The van der Waals surface area contributed by atoms with Gasteiger partial charge in [-0.05, 0) is 30.4 Å². The lowest BCUT2D eigenvalue weighted by atomic mass is 9.84. The third-order valence-corrected chi connectivity index (χ3v) is 5.67. The number of hydrogen-bond acceptors (Lipinski definition) is 3. The fraction of sp³-hybridized carbons (Fsp3) is 0.462. The Kier molecular flexibility index (Phi) is 4.16. The van der Waals surface area contributed by atoms with Crippen molar-refractivity contribution in [2.75, 3.05) is 11.5 Å². The maximum atomic E-state index is 11.7. The number of carboxylic acid groups (broad SMARTS) is 1. The first-order chi connectivity index (χ1) is 8.91. The van der Waals surface area contributed by atoms with E-state index in [-0.39, 0.29) is 11.5 Å². The number of rotatable bonds is 3. The summed E-state index contributed by atoms with van der Waals surface area (Å²) in [4.78, 5) is 11.5. The fourth-order valence-corrected chi connectivity index (χ4v) is 4.67. The molecule has 4 nitrogen and oxygen atoms in total. The standard InChI is InChI=1S/C13H15ClO4S/c14-11-6-2-1-5-10(11)12(13(15)16)9-4-3-7-19(17,18)8-9/h1-2,5-6,9,12H,3-4,7-8H2,(H,15,16). The Labute approximate surface area is 117 Å². The molecular weight excluding hydrogens is 288 g/mol. The maximum Gasteiger partial charge on any atom is 0.311 e. The van der Waals surface area contributed by atoms with E-state index in [1.54, 1.807) is 24.3 Å². The summed E-state index contributed by atoms with van der Waals surface area (Å²) >= 11 is 6.04. The van der Waals surface area contributed by atoms with Crippen LogP contribution >= 0.6 is 11.6 Å². The quantitative estimate of drug-likeness (QED) is 0.930. The van der Waals surface area contributed by atoms with E-state index in [4.69, 9.17) is 11.6 Å². The maximum absolute atomic E-state index is 11.7. The van der Waals surface area contributed by atoms with Crippen LogP contribution in [-0.2, 0) is 14.6 Å². The van der Waals surface area contributed by atoms with Gasteiger partial charge in [0.05, 0.1) is 17.4 Å². The van der Waals surface area contributed by atoms with Crippen molar-refractivity contribution < 1.29 is 18.3 Å². The van der Waals surface area contributed by atoms with Crippen molar-refractivity contribution in [1.29, 1.82) is 0 Å². The van der Waals surface area contributed by atoms with Crippen LogP contribution < -0.4 is 0 Å². The van der Waals surface area contributed by atoms with Crippen molar-refractivity contribution in [2.45, 2.75) is 18.8 Å². The van der Waals surface area contributed by atoms with Gasteiger partial charge in [-0.15, -0.1) is 0 Å². The van der Waals surface area contributed by atoms with E-state index in [1.807, 2.05) is 0 Å². The van der Waals surface area contributed by atoms with Gasteiger partial charge in [-0.25, -0.2) is 8.42 Å². The normalized spacial score (nSPS) is 23.7. The number of hydrogen-bond donors (Lipinski definition) is 1.